The minimum Gasteiger partial charge on any atom is -0.496 e. The highest BCUT2D eigenvalue weighted by Gasteiger charge is 2.19. The van der Waals surface area contributed by atoms with Crippen LogP contribution in [0.5, 0.6) is 5.75 Å². The van der Waals surface area contributed by atoms with E-state index in [4.69, 9.17) is 16.3 Å². The Bertz CT molecular complexity index is 788. The second-order valence-corrected chi connectivity index (χ2v) is 7.88. The maximum absolute atomic E-state index is 12.5. The van der Waals surface area contributed by atoms with Crippen LogP contribution in [0, 0.1) is 6.92 Å². The lowest BCUT2D eigenvalue weighted by molar-refractivity contribution is 0.411. The molecule has 0 aromatic heterocycles. The van der Waals surface area contributed by atoms with Gasteiger partial charge in [-0.2, -0.15) is 0 Å². The maximum Gasteiger partial charge on any atom is 0.216 e. The van der Waals surface area contributed by atoms with Crippen LogP contribution in [0.2, 0.25) is 5.02 Å². The first-order valence-electron chi connectivity index (χ1n) is 7.73. The number of hydrogen-bond acceptors (Lipinski definition) is 3. The first-order valence-corrected chi connectivity index (χ1v) is 9.76. The Hall–Kier alpha value is -1.56. The third-order valence-corrected chi connectivity index (χ3v) is 5.43. The second kappa shape index (κ2) is 8.01. The molecule has 0 bridgehead atoms. The Kier molecular flexibility index (Phi) is 6.27. The molecule has 1 N–H and O–H groups in total. The molecule has 0 amide bonds. The van der Waals surface area contributed by atoms with E-state index in [0.717, 1.165) is 16.9 Å². The Balaban J connectivity index is 2.16. The molecule has 1 unspecified atom stereocenters. The van der Waals surface area contributed by atoms with Gasteiger partial charge in [0.25, 0.3) is 0 Å². The van der Waals surface area contributed by atoms with Crippen LogP contribution in [-0.2, 0) is 15.8 Å². The molecule has 0 aliphatic carbocycles. The van der Waals surface area contributed by atoms with Gasteiger partial charge in [0.1, 0.15) is 5.75 Å². The quantitative estimate of drug-likeness (QED) is 0.796. The third kappa shape index (κ3) is 4.97. The van der Waals surface area contributed by atoms with Crippen molar-refractivity contribution < 1.29 is 13.2 Å². The molecule has 6 heteroatoms. The minimum atomic E-state index is -3.46. The minimum absolute atomic E-state index is 0.0736. The standard InChI is InChI=1S/C18H22ClNO3S/c1-4-17(15-7-10-18(23-3)13(2)11-15)20-24(21,22)12-14-5-8-16(19)9-6-14/h5-11,17,20H,4,12H2,1-3H3. The van der Waals surface area contributed by atoms with Gasteiger partial charge in [0.2, 0.25) is 10.0 Å². The molecule has 0 heterocycles. The number of methoxy groups -OCH3 is 1. The average Bonchev–Trinajstić information content (AvgIpc) is 2.54. The van der Waals surface area contributed by atoms with Gasteiger partial charge in [0.05, 0.1) is 12.9 Å². The number of nitrogens with one attached hydrogen (secondary N) is 1. The predicted molar refractivity (Wildman–Crippen MR) is 98.0 cm³/mol. The fourth-order valence-corrected chi connectivity index (χ4v) is 4.14. The van der Waals surface area contributed by atoms with Gasteiger partial charge in [-0.3, -0.25) is 0 Å². The lowest BCUT2D eigenvalue weighted by Crippen LogP contribution is -2.29. The molecular formula is C18H22ClNO3S. The van der Waals surface area contributed by atoms with Crippen LogP contribution in [0.3, 0.4) is 0 Å². The zero-order valence-electron chi connectivity index (χ0n) is 14.0. The van der Waals surface area contributed by atoms with Gasteiger partial charge in [-0.15, -0.1) is 0 Å². The third-order valence-electron chi connectivity index (χ3n) is 3.82. The average molecular weight is 368 g/mol. The molecule has 0 aliphatic rings. The van der Waals surface area contributed by atoms with Crippen molar-refractivity contribution in [2.75, 3.05) is 7.11 Å². The highest BCUT2D eigenvalue weighted by atomic mass is 35.5. The lowest BCUT2D eigenvalue weighted by atomic mass is 10.0. The van der Waals surface area contributed by atoms with Gasteiger partial charge in [-0.25, -0.2) is 13.1 Å². The van der Waals surface area contributed by atoms with Crippen LogP contribution < -0.4 is 9.46 Å². The van der Waals surface area contributed by atoms with Crippen molar-refractivity contribution in [1.82, 2.24) is 4.72 Å². The highest BCUT2D eigenvalue weighted by Crippen LogP contribution is 2.25. The highest BCUT2D eigenvalue weighted by molar-refractivity contribution is 7.88. The molecule has 0 saturated heterocycles. The number of sulfonamides is 1. The van der Waals surface area contributed by atoms with Gasteiger partial charge < -0.3 is 4.74 Å². The Morgan fingerprint density at radius 2 is 1.83 bits per heavy atom. The molecule has 1 atom stereocenters. The molecular weight excluding hydrogens is 346 g/mol. The molecule has 24 heavy (non-hydrogen) atoms. The van der Waals surface area contributed by atoms with Crippen molar-refractivity contribution in [1.29, 1.82) is 0 Å². The van der Waals surface area contributed by atoms with E-state index in [1.807, 2.05) is 32.0 Å². The molecule has 0 aliphatic heterocycles. The van der Waals surface area contributed by atoms with E-state index >= 15 is 0 Å². The number of benzene rings is 2. The van der Waals surface area contributed by atoms with E-state index in [9.17, 15) is 8.42 Å². The monoisotopic (exact) mass is 367 g/mol. The Morgan fingerprint density at radius 1 is 1.17 bits per heavy atom. The first-order chi connectivity index (χ1) is 11.3. The van der Waals surface area contributed by atoms with Crippen molar-refractivity contribution >= 4 is 21.6 Å². The molecule has 2 aromatic rings. The van der Waals surface area contributed by atoms with Crippen molar-refractivity contribution in [3.63, 3.8) is 0 Å². The van der Waals surface area contributed by atoms with E-state index in [1.165, 1.54) is 0 Å². The van der Waals surface area contributed by atoms with Gasteiger partial charge in [0, 0.05) is 11.1 Å². The van der Waals surface area contributed by atoms with Gasteiger partial charge in [-0.1, -0.05) is 42.8 Å². The van der Waals surface area contributed by atoms with Gasteiger partial charge in [0.15, 0.2) is 0 Å². The number of ether oxygens (including phenoxy) is 1. The summed E-state index contributed by atoms with van der Waals surface area (Å²) in [5, 5.41) is 0.587. The van der Waals surface area contributed by atoms with Gasteiger partial charge >= 0.3 is 0 Å². The Labute approximate surface area is 148 Å². The van der Waals surface area contributed by atoms with E-state index in [2.05, 4.69) is 4.72 Å². The molecule has 130 valence electrons. The van der Waals surface area contributed by atoms with Crippen LogP contribution in [0.1, 0.15) is 36.1 Å². The fourth-order valence-electron chi connectivity index (χ4n) is 2.56. The zero-order chi connectivity index (χ0) is 17.7. The topological polar surface area (TPSA) is 55.4 Å². The lowest BCUT2D eigenvalue weighted by Gasteiger charge is -2.19. The Morgan fingerprint density at radius 3 is 2.38 bits per heavy atom. The number of halogens is 1. The summed E-state index contributed by atoms with van der Waals surface area (Å²) in [6.45, 7) is 3.90. The van der Waals surface area contributed by atoms with Crippen LogP contribution in [-0.4, -0.2) is 15.5 Å². The summed E-state index contributed by atoms with van der Waals surface area (Å²) in [5.41, 5.74) is 2.61. The zero-order valence-corrected chi connectivity index (χ0v) is 15.6. The predicted octanol–water partition coefficient (Wildman–Crippen LogP) is 4.23. The summed E-state index contributed by atoms with van der Waals surface area (Å²) in [6.07, 6.45) is 0.658. The van der Waals surface area contributed by atoms with Gasteiger partial charge in [-0.05, 0) is 48.2 Å². The normalized spacial score (nSPS) is 12.8. The van der Waals surface area contributed by atoms with E-state index in [1.54, 1.807) is 31.4 Å². The molecule has 4 nitrogen and oxygen atoms in total. The summed E-state index contributed by atoms with van der Waals surface area (Å²) in [6, 6.07) is 12.3. The van der Waals surface area contributed by atoms with E-state index in [0.29, 0.717) is 17.0 Å². The van der Waals surface area contributed by atoms with E-state index in [-0.39, 0.29) is 11.8 Å². The van der Waals surface area contributed by atoms with Crippen LogP contribution in [0.15, 0.2) is 42.5 Å². The molecule has 0 spiro atoms. The molecule has 2 rings (SSSR count). The molecule has 0 radical (unpaired) electrons. The number of rotatable bonds is 7. The molecule has 0 fully saturated rings. The smallest absolute Gasteiger partial charge is 0.216 e. The van der Waals surface area contributed by atoms with Crippen LogP contribution in [0.4, 0.5) is 0 Å². The SMILES string of the molecule is CCC(NS(=O)(=O)Cc1ccc(Cl)cc1)c1ccc(OC)c(C)c1. The summed E-state index contributed by atoms with van der Waals surface area (Å²) >= 11 is 5.83. The summed E-state index contributed by atoms with van der Waals surface area (Å²) in [4.78, 5) is 0. The first kappa shape index (κ1) is 18.8. The number of aryl methyl sites for hydroxylation is 1. The second-order valence-electron chi connectivity index (χ2n) is 5.69. The van der Waals surface area contributed by atoms with Crippen LogP contribution >= 0.6 is 11.6 Å². The number of hydrogen-bond donors (Lipinski definition) is 1. The van der Waals surface area contributed by atoms with Crippen molar-refractivity contribution in [2.24, 2.45) is 0 Å². The summed E-state index contributed by atoms with van der Waals surface area (Å²) in [5.74, 6) is 0.716. The van der Waals surface area contributed by atoms with Crippen molar-refractivity contribution in [3.8, 4) is 5.75 Å². The summed E-state index contributed by atoms with van der Waals surface area (Å²) in [7, 11) is -1.84. The van der Waals surface area contributed by atoms with E-state index < -0.39 is 10.0 Å². The maximum atomic E-state index is 12.5. The largest absolute Gasteiger partial charge is 0.496 e. The van der Waals surface area contributed by atoms with Crippen molar-refractivity contribution in [2.45, 2.75) is 32.1 Å². The summed E-state index contributed by atoms with van der Waals surface area (Å²) < 4.78 is 33.0. The molecule has 0 saturated carbocycles. The van der Waals surface area contributed by atoms with Crippen molar-refractivity contribution in [3.05, 3.63) is 64.2 Å². The fraction of sp³-hybridized carbons (Fsp3) is 0.333. The van der Waals surface area contributed by atoms with Crippen LogP contribution in [0.25, 0.3) is 0 Å². The molecule has 2 aromatic carbocycles.